The fraction of sp³-hybridized carbons (Fsp3) is 0.0526. The molecule has 3 aromatic rings. The average Bonchev–Trinajstić information content (AvgIpc) is 2.51. The third kappa shape index (κ3) is 3.66. The Bertz CT molecular complexity index is 533. The SMILES string of the molecule is [Ba+2].[H-].[H-].c1ccc(C(c2ccccc2)c2ccccc2)cc1. The molecule has 0 unspecified atom stereocenters. The summed E-state index contributed by atoms with van der Waals surface area (Å²) in [5.41, 5.74) is 4.00. The van der Waals surface area contributed by atoms with Gasteiger partial charge in [-0.3, -0.25) is 0 Å². The fourth-order valence-electron chi connectivity index (χ4n) is 2.51. The second-order valence-corrected chi connectivity index (χ2v) is 4.67. The van der Waals surface area contributed by atoms with Gasteiger partial charge in [0.1, 0.15) is 0 Å². The van der Waals surface area contributed by atoms with E-state index in [4.69, 9.17) is 0 Å². The molecule has 0 aliphatic rings. The van der Waals surface area contributed by atoms with Gasteiger partial charge in [-0.05, 0) is 16.7 Å². The molecule has 0 nitrogen and oxygen atoms in total. The van der Waals surface area contributed by atoms with Crippen LogP contribution in [0.25, 0.3) is 0 Å². The Kier molecular flexibility index (Phi) is 6.14. The Balaban J connectivity index is 0.00000147. The van der Waals surface area contributed by atoms with Crippen LogP contribution in [0.4, 0.5) is 0 Å². The molecule has 0 heterocycles. The van der Waals surface area contributed by atoms with Crippen LogP contribution in [0.2, 0.25) is 0 Å². The summed E-state index contributed by atoms with van der Waals surface area (Å²) in [5, 5.41) is 0. The second-order valence-electron chi connectivity index (χ2n) is 4.67. The molecule has 0 atom stereocenters. The molecule has 0 spiro atoms. The van der Waals surface area contributed by atoms with Gasteiger partial charge in [0.2, 0.25) is 0 Å². The maximum atomic E-state index is 2.20. The van der Waals surface area contributed by atoms with E-state index in [1.165, 1.54) is 16.7 Å². The van der Waals surface area contributed by atoms with Crippen molar-refractivity contribution in [1.29, 1.82) is 0 Å². The Morgan fingerprint density at radius 3 is 0.950 bits per heavy atom. The van der Waals surface area contributed by atoms with Gasteiger partial charge in [0.25, 0.3) is 0 Å². The van der Waals surface area contributed by atoms with Crippen molar-refractivity contribution in [1.82, 2.24) is 0 Å². The third-order valence-corrected chi connectivity index (χ3v) is 3.40. The summed E-state index contributed by atoms with van der Waals surface area (Å²) in [7, 11) is 0. The van der Waals surface area contributed by atoms with Gasteiger partial charge in [0.15, 0.2) is 0 Å². The number of hydrogen-bond acceptors (Lipinski definition) is 0. The van der Waals surface area contributed by atoms with E-state index < -0.39 is 0 Å². The standard InChI is InChI=1S/C19H16.Ba.2H/c1-4-10-16(11-5-1)19(17-12-6-2-7-13-17)18-14-8-3-9-15-18;;;/h1-15,19H;;;/q;+2;2*-1. The van der Waals surface area contributed by atoms with Gasteiger partial charge in [0.05, 0.1) is 0 Å². The summed E-state index contributed by atoms with van der Waals surface area (Å²) in [4.78, 5) is 0. The average molecular weight is 384 g/mol. The number of benzene rings is 3. The Morgan fingerprint density at radius 1 is 0.450 bits per heavy atom. The molecule has 0 amide bonds. The van der Waals surface area contributed by atoms with Crippen molar-refractivity contribution in [2.24, 2.45) is 0 Å². The van der Waals surface area contributed by atoms with Crippen molar-refractivity contribution in [2.45, 2.75) is 5.92 Å². The summed E-state index contributed by atoms with van der Waals surface area (Å²) in [6.07, 6.45) is 0. The van der Waals surface area contributed by atoms with Crippen LogP contribution in [0.3, 0.4) is 0 Å². The Labute approximate surface area is 163 Å². The molecule has 0 radical (unpaired) electrons. The molecule has 3 rings (SSSR count). The summed E-state index contributed by atoms with van der Waals surface area (Å²) >= 11 is 0. The zero-order chi connectivity index (χ0) is 12.9. The van der Waals surface area contributed by atoms with Gasteiger partial charge in [-0.1, -0.05) is 91.0 Å². The smallest absolute Gasteiger partial charge is 1.00 e. The fourth-order valence-corrected chi connectivity index (χ4v) is 2.51. The monoisotopic (exact) mass is 384 g/mol. The van der Waals surface area contributed by atoms with Crippen molar-refractivity contribution in [3.63, 3.8) is 0 Å². The van der Waals surface area contributed by atoms with Gasteiger partial charge >= 0.3 is 48.9 Å². The van der Waals surface area contributed by atoms with E-state index in [2.05, 4.69) is 91.0 Å². The first-order chi connectivity index (χ1) is 9.45. The first-order valence-corrected chi connectivity index (χ1v) is 6.60. The maximum Gasteiger partial charge on any atom is 2.00 e. The van der Waals surface area contributed by atoms with Gasteiger partial charge in [-0.15, -0.1) is 0 Å². The largest absolute Gasteiger partial charge is 2.00 e. The molecule has 3 aromatic carbocycles. The first-order valence-electron chi connectivity index (χ1n) is 6.60. The Morgan fingerprint density at radius 2 is 0.700 bits per heavy atom. The second kappa shape index (κ2) is 7.87. The van der Waals surface area contributed by atoms with Crippen LogP contribution in [0.15, 0.2) is 91.0 Å². The maximum absolute atomic E-state index is 2.20. The molecular formula is C19H18Ba. The molecule has 0 saturated heterocycles. The zero-order valence-electron chi connectivity index (χ0n) is 13.4. The van der Waals surface area contributed by atoms with Gasteiger partial charge in [-0.2, -0.15) is 0 Å². The normalized spacial score (nSPS) is 10.1. The predicted molar refractivity (Wildman–Crippen MR) is 88.2 cm³/mol. The summed E-state index contributed by atoms with van der Waals surface area (Å²) < 4.78 is 0. The van der Waals surface area contributed by atoms with Crippen LogP contribution in [-0.4, -0.2) is 48.9 Å². The van der Waals surface area contributed by atoms with E-state index in [9.17, 15) is 0 Å². The van der Waals surface area contributed by atoms with E-state index in [1.54, 1.807) is 0 Å². The topological polar surface area (TPSA) is 0 Å². The molecule has 1 heteroatoms. The van der Waals surface area contributed by atoms with E-state index in [0.29, 0.717) is 5.92 Å². The van der Waals surface area contributed by atoms with Crippen molar-refractivity contribution >= 4 is 48.9 Å². The van der Waals surface area contributed by atoms with Crippen LogP contribution in [-0.2, 0) is 0 Å². The van der Waals surface area contributed by atoms with Crippen molar-refractivity contribution < 1.29 is 2.85 Å². The minimum Gasteiger partial charge on any atom is -1.00 e. The summed E-state index contributed by atoms with van der Waals surface area (Å²) in [6.45, 7) is 0. The molecule has 96 valence electrons. The van der Waals surface area contributed by atoms with E-state index in [0.717, 1.165) is 0 Å². The minimum absolute atomic E-state index is 0. The molecular weight excluding hydrogens is 366 g/mol. The molecule has 0 aliphatic heterocycles. The quantitative estimate of drug-likeness (QED) is 0.454. The van der Waals surface area contributed by atoms with Gasteiger partial charge in [0, 0.05) is 5.92 Å². The van der Waals surface area contributed by atoms with Gasteiger partial charge < -0.3 is 2.85 Å². The molecule has 0 bridgehead atoms. The summed E-state index contributed by atoms with van der Waals surface area (Å²) in [5.74, 6) is 0.309. The van der Waals surface area contributed by atoms with Crippen molar-refractivity contribution in [2.75, 3.05) is 0 Å². The van der Waals surface area contributed by atoms with Crippen molar-refractivity contribution in [3.05, 3.63) is 108 Å². The first kappa shape index (κ1) is 15.6. The van der Waals surface area contributed by atoms with E-state index >= 15 is 0 Å². The van der Waals surface area contributed by atoms with E-state index in [1.807, 2.05) is 0 Å². The van der Waals surface area contributed by atoms with Crippen LogP contribution >= 0.6 is 0 Å². The van der Waals surface area contributed by atoms with Gasteiger partial charge in [-0.25, -0.2) is 0 Å². The molecule has 0 fully saturated rings. The minimum atomic E-state index is 0. The van der Waals surface area contributed by atoms with Crippen LogP contribution in [0, 0.1) is 0 Å². The molecule has 20 heavy (non-hydrogen) atoms. The third-order valence-electron chi connectivity index (χ3n) is 3.40. The van der Waals surface area contributed by atoms with Crippen LogP contribution in [0.1, 0.15) is 25.5 Å². The Hall–Kier alpha value is -0.769. The molecule has 0 aromatic heterocycles. The number of rotatable bonds is 3. The molecule has 0 aliphatic carbocycles. The number of hydrogen-bond donors (Lipinski definition) is 0. The van der Waals surface area contributed by atoms with Crippen LogP contribution in [0.5, 0.6) is 0 Å². The van der Waals surface area contributed by atoms with Crippen LogP contribution < -0.4 is 0 Å². The summed E-state index contributed by atoms with van der Waals surface area (Å²) in [6, 6.07) is 32.0. The predicted octanol–water partition coefficient (Wildman–Crippen LogP) is 4.71. The zero-order valence-corrected chi connectivity index (χ0v) is 15.9. The molecule has 0 saturated carbocycles. The molecule has 0 N–H and O–H groups in total. The van der Waals surface area contributed by atoms with E-state index in [-0.39, 0.29) is 51.7 Å². The van der Waals surface area contributed by atoms with Crippen molar-refractivity contribution in [3.8, 4) is 0 Å².